The number of nitrogens with zero attached hydrogens (tertiary/aromatic N) is 2. The summed E-state index contributed by atoms with van der Waals surface area (Å²) in [5.74, 6) is 0.893. The van der Waals surface area contributed by atoms with Crippen LogP contribution < -0.4 is 5.32 Å². The lowest BCUT2D eigenvalue weighted by atomic mass is 10.1. The minimum atomic E-state index is 0.0932. The summed E-state index contributed by atoms with van der Waals surface area (Å²) in [5.41, 5.74) is 4.70. The molecule has 0 fully saturated rings. The number of hydrogen-bond donors (Lipinski definition) is 1. The molecule has 3 heteroatoms. The van der Waals surface area contributed by atoms with Gasteiger partial charge in [-0.2, -0.15) is 0 Å². The average molecular weight is 283 g/mol. The Labute approximate surface area is 127 Å². The molecule has 0 radical (unpaired) electrons. The van der Waals surface area contributed by atoms with Gasteiger partial charge in [-0.25, -0.2) is 9.97 Å². The molecule has 0 bridgehead atoms. The molecule has 0 unspecified atom stereocenters. The van der Waals surface area contributed by atoms with Gasteiger partial charge in [-0.15, -0.1) is 0 Å². The van der Waals surface area contributed by atoms with E-state index in [1.807, 2.05) is 6.92 Å². The second kappa shape index (κ2) is 6.35. The SMILES string of the molecule is Cc1ccc(Cc2nc(C)cc(CNC(C)(C)C)n2)cc1. The van der Waals surface area contributed by atoms with Crippen LogP contribution in [-0.4, -0.2) is 15.5 Å². The van der Waals surface area contributed by atoms with E-state index in [0.717, 1.165) is 30.2 Å². The Morgan fingerprint density at radius 3 is 2.29 bits per heavy atom. The number of rotatable bonds is 4. The molecule has 0 aliphatic carbocycles. The normalized spacial score (nSPS) is 11.7. The van der Waals surface area contributed by atoms with Gasteiger partial charge in [0, 0.05) is 24.2 Å². The van der Waals surface area contributed by atoms with Crippen molar-refractivity contribution in [3.8, 4) is 0 Å². The highest BCUT2D eigenvalue weighted by Gasteiger charge is 2.10. The van der Waals surface area contributed by atoms with E-state index in [4.69, 9.17) is 0 Å². The first kappa shape index (κ1) is 15.6. The molecule has 0 aliphatic rings. The molecule has 2 rings (SSSR count). The van der Waals surface area contributed by atoms with Crippen molar-refractivity contribution >= 4 is 0 Å². The molecule has 1 aromatic carbocycles. The van der Waals surface area contributed by atoms with E-state index in [1.165, 1.54) is 11.1 Å². The van der Waals surface area contributed by atoms with E-state index >= 15 is 0 Å². The lowest BCUT2D eigenvalue weighted by Gasteiger charge is -2.20. The number of nitrogens with one attached hydrogen (secondary N) is 1. The largest absolute Gasteiger partial charge is 0.306 e. The first-order valence-corrected chi connectivity index (χ1v) is 7.46. The first-order valence-electron chi connectivity index (χ1n) is 7.46. The van der Waals surface area contributed by atoms with Crippen molar-refractivity contribution in [2.45, 2.75) is 53.1 Å². The van der Waals surface area contributed by atoms with Crippen LogP contribution in [0.1, 0.15) is 49.1 Å². The van der Waals surface area contributed by atoms with Crippen molar-refractivity contribution in [2.24, 2.45) is 0 Å². The fraction of sp³-hybridized carbons (Fsp3) is 0.444. The summed E-state index contributed by atoms with van der Waals surface area (Å²) in [5, 5.41) is 3.47. The standard InChI is InChI=1S/C18H25N3/c1-13-6-8-15(9-7-13)11-17-20-14(2)10-16(21-17)12-19-18(3,4)5/h6-10,19H,11-12H2,1-5H3. The Morgan fingerprint density at radius 1 is 1.00 bits per heavy atom. The van der Waals surface area contributed by atoms with Gasteiger partial charge in [-0.1, -0.05) is 29.8 Å². The molecule has 0 amide bonds. The van der Waals surface area contributed by atoms with Crippen LogP contribution in [0.15, 0.2) is 30.3 Å². The van der Waals surface area contributed by atoms with Crippen LogP contribution in [0.5, 0.6) is 0 Å². The molecule has 1 N–H and O–H groups in total. The van der Waals surface area contributed by atoms with Crippen molar-refractivity contribution in [3.63, 3.8) is 0 Å². The fourth-order valence-corrected chi connectivity index (χ4v) is 2.11. The molecular weight excluding hydrogens is 258 g/mol. The number of hydrogen-bond acceptors (Lipinski definition) is 3. The summed E-state index contributed by atoms with van der Waals surface area (Å²) in [7, 11) is 0. The predicted octanol–water partition coefficient (Wildman–Crippen LogP) is 3.57. The molecule has 1 aromatic heterocycles. The van der Waals surface area contributed by atoms with Crippen molar-refractivity contribution in [1.29, 1.82) is 0 Å². The number of benzene rings is 1. The maximum Gasteiger partial charge on any atom is 0.133 e. The van der Waals surface area contributed by atoms with Gasteiger partial charge in [0.1, 0.15) is 5.82 Å². The third-order valence-corrected chi connectivity index (χ3v) is 3.24. The van der Waals surface area contributed by atoms with Gasteiger partial charge in [0.2, 0.25) is 0 Å². The molecular formula is C18H25N3. The van der Waals surface area contributed by atoms with E-state index in [2.05, 4.69) is 73.3 Å². The molecule has 0 atom stereocenters. The number of aromatic nitrogens is 2. The van der Waals surface area contributed by atoms with Gasteiger partial charge >= 0.3 is 0 Å². The summed E-state index contributed by atoms with van der Waals surface area (Å²) >= 11 is 0. The molecule has 0 saturated carbocycles. The number of aryl methyl sites for hydroxylation is 2. The van der Waals surface area contributed by atoms with Gasteiger partial charge in [0.05, 0.1) is 5.69 Å². The topological polar surface area (TPSA) is 37.8 Å². The van der Waals surface area contributed by atoms with Crippen molar-refractivity contribution in [2.75, 3.05) is 0 Å². The highest BCUT2D eigenvalue weighted by atomic mass is 15.0. The van der Waals surface area contributed by atoms with Crippen molar-refractivity contribution < 1.29 is 0 Å². The van der Waals surface area contributed by atoms with Crippen LogP contribution in [0.25, 0.3) is 0 Å². The third kappa shape index (κ3) is 5.27. The minimum absolute atomic E-state index is 0.0932. The highest BCUT2D eigenvalue weighted by molar-refractivity contribution is 5.24. The Bertz CT molecular complexity index is 595. The maximum absolute atomic E-state index is 4.68. The Balaban J connectivity index is 2.13. The van der Waals surface area contributed by atoms with Crippen LogP contribution in [0.3, 0.4) is 0 Å². The molecule has 112 valence electrons. The lowest BCUT2D eigenvalue weighted by Crippen LogP contribution is -2.35. The minimum Gasteiger partial charge on any atom is -0.306 e. The summed E-state index contributed by atoms with van der Waals surface area (Å²) in [6.45, 7) is 11.4. The van der Waals surface area contributed by atoms with Gasteiger partial charge in [0.15, 0.2) is 0 Å². The predicted molar refractivity (Wildman–Crippen MR) is 87.3 cm³/mol. The van der Waals surface area contributed by atoms with Crippen LogP contribution in [0.4, 0.5) is 0 Å². The zero-order valence-electron chi connectivity index (χ0n) is 13.7. The van der Waals surface area contributed by atoms with Crippen LogP contribution in [-0.2, 0) is 13.0 Å². The second-order valence-corrected chi connectivity index (χ2v) is 6.68. The molecule has 0 spiro atoms. The molecule has 3 nitrogen and oxygen atoms in total. The van der Waals surface area contributed by atoms with Gasteiger partial charge < -0.3 is 5.32 Å². The average Bonchev–Trinajstić information content (AvgIpc) is 2.38. The highest BCUT2D eigenvalue weighted by Crippen LogP contribution is 2.10. The van der Waals surface area contributed by atoms with Gasteiger partial charge in [0.25, 0.3) is 0 Å². The summed E-state index contributed by atoms with van der Waals surface area (Å²) in [6.07, 6.45) is 0.782. The third-order valence-electron chi connectivity index (χ3n) is 3.24. The Kier molecular flexibility index (Phi) is 4.73. The summed E-state index contributed by atoms with van der Waals surface area (Å²) in [4.78, 5) is 9.24. The Morgan fingerprint density at radius 2 is 1.67 bits per heavy atom. The smallest absolute Gasteiger partial charge is 0.133 e. The van der Waals surface area contributed by atoms with Crippen LogP contribution in [0.2, 0.25) is 0 Å². The first-order chi connectivity index (χ1) is 9.82. The zero-order valence-corrected chi connectivity index (χ0v) is 13.7. The van der Waals surface area contributed by atoms with Crippen LogP contribution >= 0.6 is 0 Å². The summed E-state index contributed by atoms with van der Waals surface area (Å²) < 4.78 is 0. The quantitative estimate of drug-likeness (QED) is 0.932. The van der Waals surface area contributed by atoms with E-state index in [-0.39, 0.29) is 5.54 Å². The molecule has 21 heavy (non-hydrogen) atoms. The van der Waals surface area contributed by atoms with Gasteiger partial charge in [-0.3, -0.25) is 0 Å². The monoisotopic (exact) mass is 283 g/mol. The summed E-state index contributed by atoms with van der Waals surface area (Å²) in [6, 6.07) is 10.6. The fourth-order valence-electron chi connectivity index (χ4n) is 2.11. The molecule has 0 aliphatic heterocycles. The zero-order chi connectivity index (χ0) is 15.5. The Hall–Kier alpha value is -1.74. The lowest BCUT2D eigenvalue weighted by molar-refractivity contribution is 0.420. The van der Waals surface area contributed by atoms with Gasteiger partial charge in [-0.05, 0) is 46.2 Å². The van der Waals surface area contributed by atoms with E-state index in [9.17, 15) is 0 Å². The van der Waals surface area contributed by atoms with E-state index < -0.39 is 0 Å². The van der Waals surface area contributed by atoms with Crippen molar-refractivity contribution in [3.05, 3.63) is 58.7 Å². The molecule has 1 heterocycles. The maximum atomic E-state index is 4.68. The van der Waals surface area contributed by atoms with E-state index in [1.54, 1.807) is 0 Å². The van der Waals surface area contributed by atoms with E-state index in [0.29, 0.717) is 0 Å². The van der Waals surface area contributed by atoms with Crippen molar-refractivity contribution in [1.82, 2.24) is 15.3 Å². The second-order valence-electron chi connectivity index (χ2n) is 6.68. The molecule has 2 aromatic rings. The van der Waals surface area contributed by atoms with Crippen LogP contribution in [0, 0.1) is 13.8 Å². The molecule has 0 saturated heterocycles.